The second kappa shape index (κ2) is 5.88. The van der Waals surface area contributed by atoms with Crippen LogP contribution in [-0.2, 0) is 0 Å². The summed E-state index contributed by atoms with van der Waals surface area (Å²) >= 11 is 0. The van der Waals surface area contributed by atoms with Gasteiger partial charge in [0.25, 0.3) is 5.91 Å². The Labute approximate surface area is 137 Å². The number of aromatic nitrogens is 5. The van der Waals surface area contributed by atoms with Gasteiger partial charge in [-0.1, -0.05) is 18.2 Å². The van der Waals surface area contributed by atoms with Gasteiger partial charge in [-0.05, 0) is 24.3 Å². The lowest BCUT2D eigenvalue weighted by Gasteiger charge is -2.07. The number of rotatable bonds is 3. The van der Waals surface area contributed by atoms with E-state index in [0.29, 0.717) is 17.1 Å². The molecule has 4 aromatic rings. The Kier molecular flexibility index (Phi) is 3.43. The molecule has 0 fully saturated rings. The Morgan fingerprint density at radius 1 is 1.08 bits per heavy atom. The normalized spacial score (nSPS) is 10.7. The number of hydrogen-bond donors (Lipinski definition) is 1. The summed E-state index contributed by atoms with van der Waals surface area (Å²) < 4.78 is 1.49. The highest BCUT2D eigenvalue weighted by molar-refractivity contribution is 6.05. The summed E-state index contributed by atoms with van der Waals surface area (Å²) in [6.45, 7) is 0. The number of anilines is 1. The zero-order valence-electron chi connectivity index (χ0n) is 12.5. The average Bonchev–Trinajstić information content (AvgIpc) is 3.16. The molecule has 116 valence electrons. The lowest BCUT2D eigenvalue weighted by Crippen LogP contribution is -2.13. The summed E-state index contributed by atoms with van der Waals surface area (Å²) in [5.74, 6) is 0.285. The van der Waals surface area contributed by atoms with Crippen LogP contribution in [0.25, 0.3) is 16.7 Å². The summed E-state index contributed by atoms with van der Waals surface area (Å²) in [5.41, 5.74) is 1.99. The number of fused-ring (bicyclic) bond motifs is 1. The van der Waals surface area contributed by atoms with E-state index in [0.717, 1.165) is 10.9 Å². The Morgan fingerprint density at radius 2 is 2.00 bits per heavy atom. The molecule has 0 aliphatic carbocycles. The van der Waals surface area contributed by atoms with Gasteiger partial charge < -0.3 is 5.32 Å². The number of para-hydroxylation sites is 1. The minimum atomic E-state index is -0.240. The minimum absolute atomic E-state index is 0.240. The standard InChI is InChI=1S/C17H12N6O/c24-17(13-5-6-19-16(8-13)23-11-18-10-21-23)22-14-7-12-3-1-2-4-15(12)20-9-14/h1-11H,(H,22,24). The minimum Gasteiger partial charge on any atom is -0.321 e. The number of nitrogens with one attached hydrogen (secondary N) is 1. The Balaban J connectivity index is 1.60. The summed E-state index contributed by atoms with van der Waals surface area (Å²) in [6.07, 6.45) is 6.14. The van der Waals surface area contributed by atoms with Crippen molar-refractivity contribution in [2.45, 2.75) is 0 Å². The van der Waals surface area contributed by atoms with Gasteiger partial charge in [0.05, 0.1) is 17.4 Å². The molecule has 24 heavy (non-hydrogen) atoms. The predicted octanol–water partition coefficient (Wildman–Crippen LogP) is 2.46. The maximum atomic E-state index is 12.5. The van der Waals surface area contributed by atoms with Crippen molar-refractivity contribution in [1.82, 2.24) is 24.7 Å². The number of carbonyl (C=O) groups is 1. The quantitative estimate of drug-likeness (QED) is 0.627. The molecule has 0 radical (unpaired) electrons. The van der Waals surface area contributed by atoms with Crippen LogP contribution < -0.4 is 5.32 Å². The van der Waals surface area contributed by atoms with Crippen LogP contribution in [-0.4, -0.2) is 30.6 Å². The highest BCUT2D eigenvalue weighted by atomic mass is 16.1. The smallest absolute Gasteiger partial charge is 0.255 e. The van der Waals surface area contributed by atoms with Gasteiger partial charge in [-0.3, -0.25) is 9.78 Å². The molecule has 1 amide bonds. The second-order valence-corrected chi connectivity index (χ2v) is 5.11. The van der Waals surface area contributed by atoms with Crippen molar-refractivity contribution in [3.05, 3.63) is 73.1 Å². The molecule has 7 nitrogen and oxygen atoms in total. The van der Waals surface area contributed by atoms with Crippen molar-refractivity contribution in [2.75, 3.05) is 5.32 Å². The van der Waals surface area contributed by atoms with Crippen molar-refractivity contribution < 1.29 is 4.79 Å². The molecule has 1 N–H and O–H groups in total. The van der Waals surface area contributed by atoms with Crippen LogP contribution in [0.2, 0.25) is 0 Å². The van der Waals surface area contributed by atoms with Crippen LogP contribution in [0.15, 0.2) is 67.5 Å². The third-order valence-electron chi connectivity index (χ3n) is 3.51. The van der Waals surface area contributed by atoms with E-state index in [-0.39, 0.29) is 5.91 Å². The lowest BCUT2D eigenvalue weighted by atomic mass is 10.2. The van der Waals surface area contributed by atoms with Crippen molar-refractivity contribution in [2.24, 2.45) is 0 Å². The van der Waals surface area contributed by atoms with E-state index < -0.39 is 0 Å². The Bertz CT molecular complexity index is 1010. The third-order valence-corrected chi connectivity index (χ3v) is 3.51. The van der Waals surface area contributed by atoms with Crippen molar-refractivity contribution in [3.8, 4) is 5.82 Å². The molecule has 0 saturated heterocycles. The molecule has 0 saturated carbocycles. The van der Waals surface area contributed by atoms with E-state index in [1.165, 1.54) is 17.3 Å². The SMILES string of the molecule is O=C(Nc1cnc2ccccc2c1)c1ccnc(-n2cncn2)c1. The highest BCUT2D eigenvalue weighted by Gasteiger charge is 2.09. The maximum absolute atomic E-state index is 12.5. The Morgan fingerprint density at radius 3 is 2.88 bits per heavy atom. The van der Waals surface area contributed by atoms with Crippen LogP contribution in [0.1, 0.15) is 10.4 Å². The summed E-state index contributed by atoms with van der Waals surface area (Å²) in [7, 11) is 0. The van der Waals surface area contributed by atoms with Crippen molar-refractivity contribution >= 4 is 22.5 Å². The molecule has 3 heterocycles. The first-order chi connectivity index (χ1) is 11.8. The highest BCUT2D eigenvalue weighted by Crippen LogP contribution is 2.17. The lowest BCUT2D eigenvalue weighted by molar-refractivity contribution is 0.102. The molecular formula is C17H12N6O. The van der Waals surface area contributed by atoms with Gasteiger partial charge in [-0.25, -0.2) is 14.6 Å². The van der Waals surface area contributed by atoms with Gasteiger partial charge in [0.15, 0.2) is 5.82 Å². The molecule has 1 aromatic carbocycles. The average molecular weight is 316 g/mol. The fraction of sp³-hybridized carbons (Fsp3) is 0. The fourth-order valence-corrected chi connectivity index (χ4v) is 2.35. The van der Waals surface area contributed by atoms with E-state index in [2.05, 4.69) is 25.4 Å². The largest absolute Gasteiger partial charge is 0.321 e. The van der Waals surface area contributed by atoms with Crippen LogP contribution in [0.5, 0.6) is 0 Å². The van der Waals surface area contributed by atoms with Gasteiger partial charge in [-0.15, -0.1) is 0 Å². The fourth-order valence-electron chi connectivity index (χ4n) is 2.35. The number of hydrogen-bond acceptors (Lipinski definition) is 5. The molecule has 3 aromatic heterocycles. The molecule has 0 bridgehead atoms. The van der Waals surface area contributed by atoms with Crippen LogP contribution in [0.3, 0.4) is 0 Å². The van der Waals surface area contributed by atoms with E-state index in [9.17, 15) is 4.79 Å². The number of amides is 1. The predicted molar refractivity (Wildman–Crippen MR) is 88.9 cm³/mol. The molecule has 0 atom stereocenters. The van der Waals surface area contributed by atoms with Crippen molar-refractivity contribution in [1.29, 1.82) is 0 Å². The van der Waals surface area contributed by atoms with E-state index in [1.807, 2.05) is 30.3 Å². The molecular weight excluding hydrogens is 304 g/mol. The molecule has 0 unspecified atom stereocenters. The Hall–Kier alpha value is -3.61. The zero-order chi connectivity index (χ0) is 16.4. The molecule has 4 rings (SSSR count). The molecule has 0 aliphatic rings. The van der Waals surface area contributed by atoms with E-state index in [1.54, 1.807) is 24.5 Å². The molecule has 0 spiro atoms. The van der Waals surface area contributed by atoms with Crippen LogP contribution in [0.4, 0.5) is 5.69 Å². The molecule has 0 aliphatic heterocycles. The number of carbonyl (C=O) groups excluding carboxylic acids is 1. The van der Waals surface area contributed by atoms with Gasteiger partial charge in [0.1, 0.15) is 12.7 Å². The van der Waals surface area contributed by atoms with Crippen LogP contribution in [0, 0.1) is 0 Å². The number of benzene rings is 1. The monoisotopic (exact) mass is 316 g/mol. The first-order valence-corrected chi connectivity index (χ1v) is 7.27. The van der Waals surface area contributed by atoms with Gasteiger partial charge >= 0.3 is 0 Å². The summed E-state index contributed by atoms with van der Waals surface area (Å²) in [4.78, 5) is 24.8. The first-order valence-electron chi connectivity index (χ1n) is 7.27. The van der Waals surface area contributed by atoms with E-state index >= 15 is 0 Å². The number of nitrogens with zero attached hydrogens (tertiary/aromatic N) is 5. The third kappa shape index (κ3) is 2.70. The van der Waals surface area contributed by atoms with Gasteiger partial charge in [0.2, 0.25) is 0 Å². The maximum Gasteiger partial charge on any atom is 0.255 e. The van der Waals surface area contributed by atoms with Crippen LogP contribution >= 0.6 is 0 Å². The topological polar surface area (TPSA) is 85.6 Å². The first kappa shape index (κ1) is 14.0. The summed E-state index contributed by atoms with van der Waals surface area (Å²) in [5, 5.41) is 7.82. The number of pyridine rings is 2. The van der Waals surface area contributed by atoms with E-state index in [4.69, 9.17) is 0 Å². The zero-order valence-corrected chi connectivity index (χ0v) is 12.5. The van der Waals surface area contributed by atoms with Gasteiger partial charge in [-0.2, -0.15) is 5.10 Å². The molecule has 7 heteroatoms. The van der Waals surface area contributed by atoms with Crippen molar-refractivity contribution in [3.63, 3.8) is 0 Å². The second-order valence-electron chi connectivity index (χ2n) is 5.11. The van der Waals surface area contributed by atoms with Gasteiger partial charge in [0, 0.05) is 17.1 Å². The summed E-state index contributed by atoms with van der Waals surface area (Å²) in [6, 6.07) is 12.9.